The number of anilines is 1. The highest BCUT2D eigenvalue weighted by molar-refractivity contribution is 5.98. The van der Waals surface area contributed by atoms with Gasteiger partial charge in [0.25, 0.3) is 0 Å². The summed E-state index contributed by atoms with van der Waals surface area (Å²) in [6.45, 7) is 0.769. The molecular weight excluding hydrogens is 394 g/mol. The minimum absolute atomic E-state index is 0.105. The van der Waals surface area contributed by atoms with Gasteiger partial charge in [0.2, 0.25) is 17.4 Å². The molecule has 1 aliphatic rings. The number of hydrogen-bond acceptors (Lipinski definition) is 6. The smallest absolute Gasteiger partial charge is 0.374 e. The van der Waals surface area contributed by atoms with Crippen molar-refractivity contribution in [2.24, 2.45) is 0 Å². The van der Waals surface area contributed by atoms with Crippen molar-refractivity contribution < 1.29 is 18.7 Å². The lowest BCUT2D eigenvalue weighted by Crippen LogP contribution is -2.23. The van der Waals surface area contributed by atoms with Gasteiger partial charge in [-0.25, -0.2) is 9.78 Å². The van der Waals surface area contributed by atoms with E-state index in [1.165, 1.54) is 7.11 Å². The fourth-order valence-electron chi connectivity index (χ4n) is 3.89. The van der Waals surface area contributed by atoms with Gasteiger partial charge in [0.15, 0.2) is 0 Å². The van der Waals surface area contributed by atoms with Crippen LogP contribution in [0.4, 0.5) is 5.69 Å². The summed E-state index contributed by atoms with van der Waals surface area (Å²) in [4.78, 5) is 34.3. The Balaban J connectivity index is 1.50. The number of fused-ring (bicyclic) bond motifs is 1. The molecule has 0 atom stereocenters. The number of methoxy groups -OCH3 is 1. The van der Waals surface area contributed by atoms with E-state index in [4.69, 9.17) is 9.15 Å². The lowest BCUT2D eigenvalue weighted by Gasteiger charge is -2.16. The predicted molar refractivity (Wildman–Crippen MR) is 116 cm³/mol. The number of ether oxygens (including phenoxy) is 1. The number of furan rings is 1. The largest absolute Gasteiger partial charge is 0.463 e. The molecule has 0 bridgehead atoms. The second-order valence-corrected chi connectivity index (χ2v) is 7.34. The number of carbonyl (C=O) groups is 2. The number of rotatable bonds is 4. The number of hydrogen-bond donors (Lipinski definition) is 0. The Bertz CT molecular complexity index is 1290. The van der Waals surface area contributed by atoms with Gasteiger partial charge in [-0.15, -0.1) is 0 Å². The van der Waals surface area contributed by atoms with Crippen molar-refractivity contribution in [3.63, 3.8) is 0 Å². The second kappa shape index (κ2) is 7.68. The number of benzene rings is 1. The zero-order valence-electron chi connectivity index (χ0n) is 16.9. The highest BCUT2D eigenvalue weighted by Gasteiger charge is 2.21. The van der Waals surface area contributed by atoms with Gasteiger partial charge in [-0.1, -0.05) is 12.1 Å². The zero-order chi connectivity index (χ0) is 21.4. The van der Waals surface area contributed by atoms with E-state index < -0.39 is 5.97 Å². The molecule has 4 aromatic rings. The van der Waals surface area contributed by atoms with Crippen LogP contribution in [0.2, 0.25) is 0 Å². The van der Waals surface area contributed by atoms with Crippen LogP contribution in [-0.2, 0) is 9.53 Å². The Hall–Kier alpha value is -4.00. The average molecular weight is 413 g/mol. The highest BCUT2D eigenvalue weighted by atomic mass is 16.5. The topological polar surface area (TPSA) is 85.5 Å². The third-order valence-electron chi connectivity index (χ3n) is 5.46. The molecule has 0 aliphatic carbocycles. The molecule has 0 saturated carbocycles. The molecular formula is C24H19N3O4. The third kappa shape index (κ3) is 3.44. The molecule has 1 fully saturated rings. The zero-order valence-corrected chi connectivity index (χ0v) is 16.9. The van der Waals surface area contributed by atoms with Gasteiger partial charge in [-0.05, 0) is 41.8 Å². The van der Waals surface area contributed by atoms with E-state index >= 15 is 0 Å². The minimum atomic E-state index is -0.549. The Kier molecular flexibility index (Phi) is 4.71. The molecule has 1 amide bonds. The van der Waals surface area contributed by atoms with Crippen LogP contribution in [0.25, 0.3) is 33.4 Å². The van der Waals surface area contributed by atoms with Gasteiger partial charge in [-0.3, -0.25) is 9.78 Å². The predicted octanol–water partition coefficient (Wildman–Crippen LogP) is 4.47. The first-order valence-corrected chi connectivity index (χ1v) is 9.97. The lowest BCUT2D eigenvalue weighted by atomic mass is 10.0. The lowest BCUT2D eigenvalue weighted by molar-refractivity contribution is -0.117. The van der Waals surface area contributed by atoms with E-state index in [1.54, 1.807) is 24.7 Å². The van der Waals surface area contributed by atoms with Crippen molar-refractivity contribution in [3.8, 4) is 22.3 Å². The molecule has 0 N–H and O–H groups in total. The number of nitrogens with zero attached hydrogens (tertiary/aromatic N) is 3. The molecule has 7 heteroatoms. The Morgan fingerprint density at radius 3 is 2.61 bits per heavy atom. The highest BCUT2D eigenvalue weighted by Crippen LogP contribution is 2.32. The minimum Gasteiger partial charge on any atom is -0.463 e. The Labute approximate surface area is 178 Å². The molecule has 0 radical (unpaired) electrons. The molecule has 31 heavy (non-hydrogen) atoms. The summed E-state index contributed by atoms with van der Waals surface area (Å²) < 4.78 is 10.3. The maximum absolute atomic E-state index is 12.0. The van der Waals surface area contributed by atoms with E-state index in [9.17, 15) is 9.59 Å². The summed E-state index contributed by atoms with van der Waals surface area (Å²) in [5.74, 6) is -0.273. The SMILES string of the molecule is COC(=O)c1cc2c(-c3cncc(-c4ccc(N5CCCC5=O)cc4)c3)ccnc2o1. The number of esters is 1. The van der Waals surface area contributed by atoms with Crippen molar-refractivity contribution >= 4 is 28.7 Å². The van der Waals surface area contributed by atoms with E-state index in [1.807, 2.05) is 41.3 Å². The number of amides is 1. The maximum Gasteiger partial charge on any atom is 0.374 e. The molecule has 0 spiro atoms. The van der Waals surface area contributed by atoms with E-state index in [-0.39, 0.29) is 11.7 Å². The molecule has 0 unspecified atom stereocenters. The molecule has 4 heterocycles. The molecule has 1 aliphatic heterocycles. The van der Waals surface area contributed by atoms with Crippen LogP contribution in [0.15, 0.2) is 65.5 Å². The van der Waals surface area contributed by atoms with Crippen LogP contribution in [0.3, 0.4) is 0 Å². The molecule has 1 saturated heterocycles. The first-order chi connectivity index (χ1) is 15.1. The number of carbonyl (C=O) groups excluding carboxylic acids is 2. The summed E-state index contributed by atoms with van der Waals surface area (Å²) in [7, 11) is 1.31. The van der Waals surface area contributed by atoms with Crippen LogP contribution in [0.1, 0.15) is 23.4 Å². The van der Waals surface area contributed by atoms with Crippen LogP contribution in [-0.4, -0.2) is 35.5 Å². The second-order valence-electron chi connectivity index (χ2n) is 7.34. The fourth-order valence-corrected chi connectivity index (χ4v) is 3.89. The third-order valence-corrected chi connectivity index (χ3v) is 5.46. The number of aromatic nitrogens is 2. The quantitative estimate of drug-likeness (QED) is 0.459. The summed E-state index contributed by atoms with van der Waals surface area (Å²) in [5.41, 5.74) is 4.96. The van der Waals surface area contributed by atoms with Gasteiger partial charge in [0.1, 0.15) is 0 Å². The summed E-state index contributed by atoms with van der Waals surface area (Å²) >= 11 is 0. The van der Waals surface area contributed by atoms with Gasteiger partial charge < -0.3 is 14.1 Å². The molecule has 1 aromatic carbocycles. The number of pyridine rings is 2. The first-order valence-electron chi connectivity index (χ1n) is 9.97. The van der Waals surface area contributed by atoms with Crippen molar-refractivity contribution in [3.05, 3.63) is 66.8 Å². The van der Waals surface area contributed by atoms with Crippen molar-refractivity contribution in [1.29, 1.82) is 0 Å². The molecule has 154 valence electrons. The Morgan fingerprint density at radius 2 is 1.87 bits per heavy atom. The summed E-state index contributed by atoms with van der Waals surface area (Å²) in [5, 5.41) is 0.713. The average Bonchev–Trinajstić information content (AvgIpc) is 3.45. The van der Waals surface area contributed by atoms with Gasteiger partial charge in [0.05, 0.1) is 7.11 Å². The van der Waals surface area contributed by atoms with Crippen LogP contribution < -0.4 is 4.90 Å². The molecule has 7 nitrogen and oxygen atoms in total. The maximum atomic E-state index is 12.0. The molecule has 5 rings (SSSR count). The van der Waals surface area contributed by atoms with E-state index in [0.29, 0.717) is 17.5 Å². The standard InChI is InChI=1S/C24H19N3O4/c1-30-24(29)21-12-20-19(8-9-26-23(20)31-21)17-11-16(13-25-14-17)15-4-6-18(7-5-15)27-10-2-3-22(27)28/h4-9,11-14H,2-3,10H2,1H3. The molecule has 3 aromatic heterocycles. The fraction of sp³-hybridized carbons (Fsp3) is 0.167. The van der Waals surface area contributed by atoms with Crippen molar-refractivity contribution in [1.82, 2.24) is 9.97 Å². The normalized spacial score (nSPS) is 13.7. The van der Waals surface area contributed by atoms with Crippen molar-refractivity contribution in [2.45, 2.75) is 12.8 Å². The van der Waals surface area contributed by atoms with E-state index in [0.717, 1.165) is 40.9 Å². The first kappa shape index (κ1) is 19.0. The van der Waals surface area contributed by atoms with Crippen LogP contribution >= 0.6 is 0 Å². The van der Waals surface area contributed by atoms with Crippen LogP contribution in [0, 0.1) is 0 Å². The summed E-state index contributed by atoms with van der Waals surface area (Å²) in [6.07, 6.45) is 6.71. The monoisotopic (exact) mass is 413 g/mol. The van der Waals surface area contributed by atoms with Crippen LogP contribution in [0.5, 0.6) is 0 Å². The van der Waals surface area contributed by atoms with Gasteiger partial charge >= 0.3 is 5.97 Å². The van der Waals surface area contributed by atoms with E-state index in [2.05, 4.69) is 9.97 Å². The van der Waals surface area contributed by atoms with Gasteiger partial charge in [-0.2, -0.15) is 0 Å². The van der Waals surface area contributed by atoms with Crippen molar-refractivity contribution in [2.75, 3.05) is 18.6 Å². The van der Waals surface area contributed by atoms with Gasteiger partial charge in [0, 0.05) is 59.8 Å². The summed E-state index contributed by atoms with van der Waals surface area (Å²) in [6, 6.07) is 13.5. The Morgan fingerprint density at radius 1 is 1.06 bits per heavy atom.